The Bertz CT molecular complexity index is 867. The van der Waals surface area contributed by atoms with Crippen molar-refractivity contribution < 1.29 is 14.7 Å². The molecule has 2 rings (SSSR count). The van der Waals surface area contributed by atoms with Crippen molar-refractivity contribution in [2.75, 3.05) is 12.0 Å². The minimum atomic E-state index is -1.08. The van der Waals surface area contributed by atoms with E-state index in [-0.39, 0.29) is 11.5 Å². The van der Waals surface area contributed by atoms with Crippen LogP contribution in [0.1, 0.15) is 32.7 Å². The molecule has 146 valence electrons. The summed E-state index contributed by atoms with van der Waals surface area (Å²) in [6.07, 6.45) is 4.22. The summed E-state index contributed by atoms with van der Waals surface area (Å²) >= 11 is 1.51. The number of carbonyl (C=O) groups excluding carboxylic acids is 1. The van der Waals surface area contributed by atoms with E-state index < -0.39 is 24.0 Å². The van der Waals surface area contributed by atoms with Gasteiger partial charge in [0.1, 0.15) is 12.1 Å². The molecule has 2 N–H and O–H groups in total. The van der Waals surface area contributed by atoms with Crippen molar-refractivity contribution in [2.24, 2.45) is 5.92 Å². The van der Waals surface area contributed by atoms with Gasteiger partial charge in [-0.1, -0.05) is 32.4 Å². The lowest BCUT2D eigenvalue weighted by atomic mass is 9.97. The quantitative estimate of drug-likeness (QED) is 0.680. The fourth-order valence-corrected chi connectivity index (χ4v) is 3.38. The second-order valence-electron chi connectivity index (χ2n) is 6.49. The number of carboxylic acid groups (broad SMARTS) is 1. The van der Waals surface area contributed by atoms with Crippen LogP contribution in [0.15, 0.2) is 35.4 Å². The van der Waals surface area contributed by atoms with Crippen LogP contribution in [0.5, 0.6) is 0 Å². The average Bonchev–Trinajstić information content (AvgIpc) is 2.66. The third kappa shape index (κ3) is 4.88. The van der Waals surface area contributed by atoms with Crippen molar-refractivity contribution in [3.63, 3.8) is 0 Å². The van der Waals surface area contributed by atoms with Crippen LogP contribution in [0.4, 0.5) is 0 Å². The minimum Gasteiger partial charge on any atom is -0.480 e. The van der Waals surface area contributed by atoms with E-state index in [1.807, 2.05) is 20.1 Å². The number of hydrogen-bond acceptors (Lipinski definition) is 5. The van der Waals surface area contributed by atoms with E-state index in [0.717, 1.165) is 0 Å². The molecule has 1 amide bonds. The van der Waals surface area contributed by atoms with Crippen LogP contribution in [-0.4, -0.2) is 44.6 Å². The summed E-state index contributed by atoms with van der Waals surface area (Å²) < 4.78 is 1.32. The monoisotopic (exact) mass is 391 g/mol. The molecule has 0 bridgehead atoms. The highest BCUT2D eigenvalue weighted by Crippen LogP contribution is 2.21. The first-order valence-corrected chi connectivity index (χ1v) is 10.3. The van der Waals surface area contributed by atoms with Gasteiger partial charge in [-0.3, -0.25) is 14.2 Å². The average molecular weight is 391 g/mol. The lowest BCUT2D eigenvalue weighted by Gasteiger charge is -2.26. The highest BCUT2D eigenvalue weighted by atomic mass is 32.2. The smallest absolute Gasteiger partial charge is 0.326 e. The van der Waals surface area contributed by atoms with Gasteiger partial charge >= 0.3 is 5.97 Å². The molecule has 8 heteroatoms. The maximum atomic E-state index is 12.9. The van der Waals surface area contributed by atoms with Gasteiger partial charge in [0.15, 0.2) is 0 Å². The summed E-state index contributed by atoms with van der Waals surface area (Å²) in [5.41, 5.74) is 0.252. The van der Waals surface area contributed by atoms with Gasteiger partial charge in [0.05, 0.1) is 17.2 Å². The number of rotatable bonds is 9. The zero-order chi connectivity index (χ0) is 20.0. The van der Waals surface area contributed by atoms with Crippen molar-refractivity contribution in [3.8, 4) is 0 Å². The molecule has 0 saturated carbocycles. The number of aromatic nitrogens is 2. The van der Waals surface area contributed by atoms with Crippen LogP contribution in [-0.2, 0) is 9.59 Å². The molecule has 0 saturated heterocycles. The van der Waals surface area contributed by atoms with Gasteiger partial charge in [0, 0.05) is 0 Å². The molecule has 0 aliphatic heterocycles. The molecule has 1 aromatic carbocycles. The van der Waals surface area contributed by atoms with Crippen LogP contribution in [0.25, 0.3) is 10.9 Å². The number of amides is 1. The first kappa shape index (κ1) is 21.0. The SMILES string of the molecule is CCC(C)C(C(=O)NC(CCSC)C(=O)O)n1cnc2ccccc2c1=O. The zero-order valence-corrected chi connectivity index (χ0v) is 16.5. The number of nitrogens with zero attached hydrogens (tertiary/aromatic N) is 2. The largest absolute Gasteiger partial charge is 0.480 e. The van der Waals surface area contributed by atoms with Crippen LogP contribution in [0.3, 0.4) is 0 Å². The van der Waals surface area contributed by atoms with Crippen LogP contribution in [0.2, 0.25) is 0 Å². The minimum absolute atomic E-state index is 0.166. The lowest BCUT2D eigenvalue weighted by Crippen LogP contribution is -2.47. The van der Waals surface area contributed by atoms with E-state index in [9.17, 15) is 19.5 Å². The lowest BCUT2D eigenvalue weighted by molar-refractivity contribution is -0.142. The number of benzene rings is 1. The summed E-state index contributed by atoms with van der Waals surface area (Å²) in [7, 11) is 0. The molecule has 3 atom stereocenters. The molecule has 1 aromatic heterocycles. The van der Waals surface area contributed by atoms with Crippen molar-refractivity contribution in [1.29, 1.82) is 0 Å². The molecule has 27 heavy (non-hydrogen) atoms. The maximum Gasteiger partial charge on any atom is 0.326 e. The number of nitrogens with one attached hydrogen (secondary N) is 1. The Hall–Kier alpha value is -2.35. The normalized spacial score (nSPS) is 14.5. The van der Waals surface area contributed by atoms with Crippen LogP contribution >= 0.6 is 11.8 Å². The molecular formula is C19H25N3O4S. The summed E-state index contributed by atoms with van der Waals surface area (Å²) in [4.78, 5) is 41.6. The summed E-state index contributed by atoms with van der Waals surface area (Å²) in [6.45, 7) is 3.79. The number of fused-ring (bicyclic) bond motifs is 1. The zero-order valence-electron chi connectivity index (χ0n) is 15.7. The Morgan fingerprint density at radius 3 is 2.67 bits per heavy atom. The summed E-state index contributed by atoms with van der Waals surface area (Å²) in [5, 5.41) is 12.4. The second-order valence-corrected chi connectivity index (χ2v) is 7.47. The third-order valence-electron chi connectivity index (χ3n) is 4.67. The van der Waals surface area contributed by atoms with Crippen LogP contribution < -0.4 is 10.9 Å². The summed E-state index contributed by atoms with van der Waals surface area (Å²) in [6, 6.07) is 5.14. The fourth-order valence-electron chi connectivity index (χ4n) is 2.91. The Morgan fingerprint density at radius 1 is 1.33 bits per heavy atom. The van der Waals surface area contributed by atoms with Gasteiger partial charge < -0.3 is 10.4 Å². The highest BCUT2D eigenvalue weighted by molar-refractivity contribution is 7.98. The Kier molecular flexibility index (Phi) is 7.41. The Morgan fingerprint density at radius 2 is 2.04 bits per heavy atom. The van der Waals surface area contributed by atoms with Crippen molar-refractivity contribution in [1.82, 2.24) is 14.9 Å². The van der Waals surface area contributed by atoms with E-state index in [0.29, 0.717) is 29.5 Å². The van der Waals surface area contributed by atoms with Gasteiger partial charge in [-0.25, -0.2) is 9.78 Å². The number of thioether (sulfide) groups is 1. The number of carboxylic acids is 1. The summed E-state index contributed by atoms with van der Waals surface area (Å²) in [5.74, 6) is -1.11. The van der Waals surface area contributed by atoms with Crippen LogP contribution in [0, 0.1) is 5.92 Å². The van der Waals surface area contributed by atoms with Gasteiger partial charge in [-0.15, -0.1) is 0 Å². The predicted molar refractivity (Wildman–Crippen MR) is 107 cm³/mol. The van der Waals surface area contributed by atoms with Crippen molar-refractivity contribution >= 4 is 34.5 Å². The maximum absolute atomic E-state index is 12.9. The molecule has 0 aliphatic carbocycles. The molecule has 3 unspecified atom stereocenters. The molecule has 0 spiro atoms. The van der Waals surface area contributed by atoms with Gasteiger partial charge in [-0.2, -0.15) is 11.8 Å². The first-order chi connectivity index (χ1) is 12.9. The van der Waals surface area contributed by atoms with E-state index in [1.165, 1.54) is 22.7 Å². The molecule has 0 fully saturated rings. The second kappa shape index (κ2) is 9.55. The van der Waals surface area contributed by atoms with E-state index in [4.69, 9.17) is 0 Å². The van der Waals surface area contributed by atoms with Gasteiger partial charge in [-0.05, 0) is 36.5 Å². The molecule has 2 aromatic rings. The van der Waals surface area contributed by atoms with Gasteiger partial charge in [0.2, 0.25) is 5.91 Å². The fraction of sp³-hybridized carbons (Fsp3) is 0.474. The molecular weight excluding hydrogens is 366 g/mol. The Balaban J connectivity index is 2.40. The van der Waals surface area contributed by atoms with Crippen molar-refractivity contribution in [2.45, 2.75) is 38.8 Å². The molecule has 7 nitrogen and oxygen atoms in total. The number of hydrogen-bond donors (Lipinski definition) is 2. The number of para-hydroxylation sites is 1. The number of aliphatic carboxylic acids is 1. The molecule has 1 heterocycles. The van der Waals surface area contributed by atoms with E-state index in [2.05, 4.69) is 10.3 Å². The van der Waals surface area contributed by atoms with E-state index in [1.54, 1.807) is 24.3 Å². The topological polar surface area (TPSA) is 101 Å². The highest BCUT2D eigenvalue weighted by Gasteiger charge is 2.30. The molecule has 0 radical (unpaired) electrons. The van der Waals surface area contributed by atoms with E-state index >= 15 is 0 Å². The molecule has 0 aliphatic rings. The standard InChI is InChI=1S/C19H25N3O4S/c1-4-12(2)16(17(23)21-15(19(25)26)9-10-27-3)22-11-20-14-8-6-5-7-13(14)18(22)24/h5-8,11-12,15-16H,4,9-10H2,1-3H3,(H,21,23)(H,25,26). The first-order valence-electron chi connectivity index (χ1n) is 8.88. The Labute approximate surface area is 162 Å². The third-order valence-corrected chi connectivity index (χ3v) is 5.31. The van der Waals surface area contributed by atoms with Crippen molar-refractivity contribution in [3.05, 3.63) is 40.9 Å². The number of carbonyl (C=O) groups is 2. The van der Waals surface area contributed by atoms with Gasteiger partial charge in [0.25, 0.3) is 5.56 Å². The predicted octanol–water partition coefficient (Wildman–Crippen LogP) is 2.31.